The molecule has 0 aliphatic carbocycles. The molecule has 0 radical (unpaired) electrons. The number of anilines is 2. The average molecular weight is 282 g/mol. The van der Waals surface area contributed by atoms with Gasteiger partial charge in [0.25, 0.3) is 0 Å². The second-order valence-corrected chi connectivity index (χ2v) is 4.84. The molecule has 1 saturated heterocycles. The van der Waals surface area contributed by atoms with Gasteiger partial charge in [-0.1, -0.05) is 0 Å². The van der Waals surface area contributed by atoms with Crippen molar-refractivity contribution in [3.05, 3.63) is 15.8 Å². The van der Waals surface area contributed by atoms with Gasteiger partial charge in [-0.25, -0.2) is 10.8 Å². The summed E-state index contributed by atoms with van der Waals surface area (Å²) < 4.78 is 0. The minimum absolute atomic E-state index is 0.0658. The third kappa shape index (κ3) is 2.78. The molecule has 0 saturated carbocycles. The summed E-state index contributed by atoms with van der Waals surface area (Å²) in [4.78, 5) is 20.6. The van der Waals surface area contributed by atoms with Gasteiger partial charge in [0.05, 0.1) is 4.92 Å². The van der Waals surface area contributed by atoms with Gasteiger partial charge in [-0.15, -0.1) is 0 Å². The smallest absolute Gasteiger partial charge is 0.332 e. The summed E-state index contributed by atoms with van der Waals surface area (Å²) in [6, 6.07) is 0. The van der Waals surface area contributed by atoms with E-state index in [0.29, 0.717) is 13.1 Å². The van der Waals surface area contributed by atoms with Crippen LogP contribution in [0.3, 0.4) is 0 Å². The Morgan fingerprint density at radius 1 is 1.60 bits per heavy atom. The molecule has 20 heavy (non-hydrogen) atoms. The number of nitrogens with two attached hydrogens (primary N) is 1. The van der Waals surface area contributed by atoms with E-state index in [0.717, 1.165) is 12.8 Å². The van der Waals surface area contributed by atoms with Crippen LogP contribution in [0.2, 0.25) is 0 Å². The molecule has 1 aliphatic heterocycles. The topological polar surface area (TPSA) is 130 Å². The molecule has 1 atom stereocenters. The van der Waals surface area contributed by atoms with Gasteiger partial charge in [-0.05, 0) is 25.7 Å². The predicted molar refractivity (Wildman–Crippen MR) is 73.3 cm³/mol. The number of nitrogen functional groups attached to an aromatic ring is 1. The largest absolute Gasteiger partial charge is 0.396 e. The quantitative estimate of drug-likeness (QED) is 0.405. The van der Waals surface area contributed by atoms with E-state index in [4.69, 9.17) is 5.84 Å². The zero-order chi connectivity index (χ0) is 14.7. The van der Waals surface area contributed by atoms with E-state index in [2.05, 4.69) is 15.4 Å². The lowest BCUT2D eigenvalue weighted by Crippen LogP contribution is -2.38. The first kappa shape index (κ1) is 14.4. The first-order valence-electron chi connectivity index (χ1n) is 6.42. The molecule has 1 aliphatic rings. The van der Waals surface area contributed by atoms with Crippen LogP contribution in [0.5, 0.6) is 0 Å². The van der Waals surface area contributed by atoms with Crippen LogP contribution in [0, 0.1) is 23.0 Å². The SMILES string of the molecule is Cc1nc(NN)nc(N2CCCC(CO)C2)c1[N+](=O)[O-]. The van der Waals surface area contributed by atoms with Crippen molar-refractivity contribution < 1.29 is 10.0 Å². The second-order valence-electron chi connectivity index (χ2n) is 4.84. The molecule has 1 fully saturated rings. The van der Waals surface area contributed by atoms with E-state index in [9.17, 15) is 15.2 Å². The summed E-state index contributed by atoms with van der Waals surface area (Å²) in [7, 11) is 0. The van der Waals surface area contributed by atoms with Crippen LogP contribution in [0.1, 0.15) is 18.5 Å². The summed E-state index contributed by atoms with van der Waals surface area (Å²) in [5.74, 6) is 5.80. The molecule has 1 unspecified atom stereocenters. The highest BCUT2D eigenvalue weighted by Crippen LogP contribution is 2.32. The van der Waals surface area contributed by atoms with Gasteiger partial charge in [-0.3, -0.25) is 15.5 Å². The van der Waals surface area contributed by atoms with E-state index < -0.39 is 4.92 Å². The molecule has 0 spiro atoms. The fourth-order valence-electron chi connectivity index (χ4n) is 2.46. The number of aryl methyl sites for hydroxylation is 1. The van der Waals surface area contributed by atoms with Crippen molar-refractivity contribution in [2.45, 2.75) is 19.8 Å². The highest BCUT2D eigenvalue weighted by molar-refractivity contribution is 5.62. The van der Waals surface area contributed by atoms with Crippen LogP contribution in [0.15, 0.2) is 0 Å². The van der Waals surface area contributed by atoms with E-state index >= 15 is 0 Å². The van der Waals surface area contributed by atoms with Crippen LogP contribution in [0.4, 0.5) is 17.5 Å². The number of rotatable bonds is 4. The van der Waals surface area contributed by atoms with Crippen LogP contribution in [0.25, 0.3) is 0 Å². The highest BCUT2D eigenvalue weighted by atomic mass is 16.6. The summed E-state index contributed by atoms with van der Waals surface area (Å²) in [5, 5.41) is 20.5. The van der Waals surface area contributed by atoms with Crippen molar-refractivity contribution >= 4 is 17.5 Å². The molecule has 2 heterocycles. The zero-order valence-electron chi connectivity index (χ0n) is 11.2. The Morgan fingerprint density at radius 3 is 2.95 bits per heavy atom. The van der Waals surface area contributed by atoms with Gasteiger partial charge in [0, 0.05) is 19.7 Å². The molecule has 9 nitrogen and oxygen atoms in total. The minimum atomic E-state index is -0.479. The first-order valence-corrected chi connectivity index (χ1v) is 6.42. The number of aromatic nitrogens is 2. The Balaban J connectivity index is 2.42. The summed E-state index contributed by atoms with van der Waals surface area (Å²) in [5.41, 5.74) is 2.47. The Labute approximate surface area is 115 Å². The molecule has 4 N–H and O–H groups in total. The number of aliphatic hydroxyl groups excluding tert-OH is 1. The Kier molecular flexibility index (Phi) is 4.30. The molecule has 0 aromatic carbocycles. The highest BCUT2D eigenvalue weighted by Gasteiger charge is 2.29. The maximum Gasteiger partial charge on any atom is 0.332 e. The summed E-state index contributed by atoms with van der Waals surface area (Å²) >= 11 is 0. The van der Waals surface area contributed by atoms with E-state index in [-0.39, 0.29) is 35.7 Å². The molecule has 0 bridgehead atoms. The zero-order valence-corrected chi connectivity index (χ0v) is 11.2. The average Bonchev–Trinajstić information content (AvgIpc) is 2.45. The molecule has 0 amide bonds. The Bertz CT molecular complexity index is 509. The predicted octanol–water partition coefficient (Wildman–Crippen LogP) is 0.188. The molecule has 2 rings (SSSR count). The van der Waals surface area contributed by atoms with Gasteiger partial charge < -0.3 is 10.0 Å². The molecular formula is C11H18N6O3. The lowest BCUT2D eigenvalue weighted by atomic mass is 9.99. The van der Waals surface area contributed by atoms with Gasteiger partial charge >= 0.3 is 5.69 Å². The molecule has 9 heteroatoms. The summed E-state index contributed by atoms with van der Waals surface area (Å²) in [6.45, 7) is 2.82. The third-order valence-corrected chi connectivity index (χ3v) is 3.43. The Morgan fingerprint density at radius 2 is 2.35 bits per heavy atom. The standard InChI is InChI=1S/C11H18N6O3/c1-7-9(17(19)20)10(14-11(13-7)15-12)16-4-2-3-8(5-16)6-18/h8,18H,2-6,12H2,1H3,(H,13,14,15). The van der Waals surface area contributed by atoms with Crippen LogP contribution >= 0.6 is 0 Å². The molecule has 1 aromatic heterocycles. The van der Waals surface area contributed by atoms with E-state index in [1.165, 1.54) is 0 Å². The van der Waals surface area contributed by atoms with Crippen molar-refractivity contribution in [3.8, 4) is 0 Å². The number of nitro groups is 1. The van der Waals surface area contributed by atoms with Crippen molar-refractivity contribution in [3.63, 3.8) is 0 Å². The number of hydrogen-bond acceptors (Lipinski definition) is 8. The van der Waals surface area contributed by atoms with E-state index in [1.54, 1.807) is 6.92 Å². The number of hydrazine groups is 1. The molecular weight excluding hydrogens is 264 g/mol. The fraction of sp³-hybridized carbons (Fsp3) is 0.636. The fourth-order valence-corrected chi connectivity index (χ4v) is 2.46. The van der Waals surface area contributed by atoms with Gasteiger partial charge in [0.1, 0.15) is 5.69 Å². The molecule has 1 aromatic rings. The first-order chi connectivity index (χ1) is 9.56. The number of nitrogens with zero attached hydrogens (tertiary/aromatic N) is 4. The normalized spacial score (nSPS) is 18.9. The minimum Gasteiger partial charge on any atom is -0.396 e. The lowest BCUT2D eigenvalue weighted by molar-refractivity contribution is -0.385. The number of nitrogens with one attached hydrogen (secondary N) is 1. The number of piperidine rings is 1. The van der Waals surface area contributed by atoms with Crippen molar-refractivity contribution in [1.82, 2.24) is 9.97 Å². The van der Waals surface area contributed by atoms with Gasteiger partial charge in [0.15, 0.2) is 0 Å². The lowest BCUT2D eigenvalue weighted by Gasteiger charge is -2.32. The summed E-state index contributed by atoms with van der Waals surface area (Å²) in [6.07, 6.45) is 1.77. The second kappa shape index (κ2) is 5.97. The van der Waals surface area contributed by atoms with E-state index in [1.807, 2.05) is 4.90 Å². The maximum atomic E-state index is 11.2. The maximum absolute atomic E-state index is 11.2. The van der Waals surface area contributed by atoms with Crippen molar-refractivity contribution in [1.29, 1.82) is 0 Å². The van der Waals surface area contributed by atoms with Crippen molar-refractivity contribution in [2.75, 3.05) is 30.0 Å². The number of hydrogen-bond donors (Lipinski definition) is 3. The number of aliphatic hydroxyl groups is 1. The van der Waals surface area contributed by atoms with Gasteiger partial charge in [0.2, 0.25) is 11.8 Å². The van der Waals surface area contributed by atoms with Gasteiger partial charge in [-0.2, -0.15) is 4.98 Å². The van der Waals surface area contributed by atoms with Crippen LogP contribution < -0.4 is 16.2 Å². The monoisotopic (exact) mass is 282 g/mol. The van der Waals surface area contributed by atoms with Crippen LogP contribution in [-0.4, -0.2) is 39.7 Å². The van der Waals surface area contributed by atoms with Crippen molar-refractivity contribution in [2.24, 2.45) is 11.8 Å². The molecule has 110 valence electrons. The Hall–Kier alpha value is -2.00. The third-order valence-electron chi connectivity index (χ3n) is 3.43. The van der Waals surface area contributed by atoms with Crippen LogP contribution in [-0.2, 0) is 0 Å².